The van der Waals surface area contributed by atoms with Crippen LogP contribution in [0.25, 0.3) is 0 Å². The minimum absolute atomic E-state index is 0. The zero-order chi connectivity index (χ0) is 19.8. The third kappa shape index (κ3) is 7.29. The number of guanidine groups is 1. The number of halogens is 2. The predicted octanol–water partition coefficient (Wildman–Crippen LogP) is 3.36. The number of hydrogen-bond donors (Lipinski definition) is 2. The molecule has 8 heteroatoms. The van der Waals surface area contributed by atoms with E-state index in [-0.39, 0.29) is 35.9 Å². The highest BCUT2D eigenvalue weighted by Crippen LogP contribution is 2.13. The van der Waals surface area contributed by atoms with Crippen LogP contribution in [0.5, 0.6) is 5.75 Å². The second-order valence-electron chi connectivity index (χ2n) is 6.55. The van der Waals surface area contributed by atoms with Gasteiger partial charge in [0.1, 0.15) is 17.7 Å². The molecule has 1 atom stereocenters. The molecule has 0 radical (unpaired) electrons. The van der Waals surface area contributed by atoms with E-state index in [2.05, 4.69) is 27.6 Å². The Morgan fingerprint density at radius 1 is 1.25 bits per heavy atom. The number of aliphatic imine (C=N–C) groups is 1. The number of aryl methyl sites for hydroxylation is 2. The lowest BCUT2D eigenvalue weighted by Gasteiger charge is -2.15. The van der Waals surface area contributed by atoms with Gasteiger partial charge in [-0.15, -0.1) is 24.0 Å². The number of benzene rings is 1. The average Bonchev–Trinajstić information content (AvgIpc) is 2.87. The molecule has 0 fully saturated rings. The predicted molar refractivity (Wildman–Crippen MR) is 122 cm³/mol. The number of rotatable bonds is 8. The van der Waals surface area contributed by atoms with Gasteiger partial charge in [-0.05, 0) is 63.9 Å². The van der Waals surface area contributed by atoms with Crippen LogP contribution in [0.1, 0.15) is 30.8 Å². The fourth-order valence-corrected chi connectivity index (χ4v) is 2.83. The van der Waals surface area contributed by atoms with Crippen LogP contribution < -0.4 is 15.4 Å². The molecule has 1 aromatic carbocycles. The molecule has 2 aromatic rings. The Morgan fingerprint density at radius 3 is 2.50 bits per heavy atom. The zero-order valence-electron chi connectivity index (χ0n) is 17.3. The first-order valence-corrected chi connectivity index (χ1v) is 9.34. The molecule has 0 amide bonds. The van der Waals surface area contributed by atoms with E-state index in [1.165, 1.54) is 23.4 Å². The van der Waals surface area contributed by atoms with E-state index in [4.69, 9.17) is 4.74 Å². The van der Waals surface area contributed by atoms with Crippen molar-refractivity contribution in [2.24, 2.45) is 12.0 Å². The molecule has 0 aliphatic rings. The minimum atomic E-state index is -0.272. The summed E-state index contributed by atoms with van der Waals surface area (Å²) in [5.74, 6) is 1.12. The summed E-state index contributed by atoms with van der Waals surface area (Å²) < 4.78 is 20.6. The fraction of sp³-hybridized carbons (Fsp3) is 0.500. The average molecular weight is 503 g/mol. The van der Waals surface area contributed by atoms with Gasteiger partial charge in [-0.3, -0.25) is 4.68 Å². The van der Waals surface area contributed by atoms with E-state index in [0.717, 1.165) is 31.2 Å². The number of hydrogen-bond acceptors (Lipinski definition) is 3. The number of aromatic nitrogens is 2. The molecule has 2 N–H and O–H groups in total. The normalized spacial score (nSPS) is 12.3. The van der Waals surface area contributed by atoms with Crippen molar-refractivity contribution in [1.82, 2.24) is 20.4 Å². The lowest BCUT2D eigenvalue weighted by molar-refractivity contribution is 0.230. The molecule has 0 aliphatic carbocycles. The maximum atomic E-state index is 13.0. The molecule has 0 bridgehead atoms. The second-order valence-corrected chi connectivity index (χ2v) is 6.55. The van der Waals surface area contributed by atoms with Gasteiger partial charge in [-0.1, -0.05) is 0 Å². The Kier molecular flexibility index (Phi) is 10.3. The molecule has 1 heterocycles. The molecule has 2 rings (SSSR count). The largest absolute Gasteiger partial charge is 0.489 e. The monoisotopic (exact) mass is 503 g/mol. The Hall–Kier alpha value is -1.84. The summed E-state index contributed by atoms with van der Waals surface area (Å²) >= 11 is 0. The molecule has 28 heavy (non-hydrogen) atoms. The van der Waals surface area contributed by atoms with Crippen LogP contribution in [0, 0.1) is 19.7 Å². The van der Waals surface area contributed by atoms with Gasteiger partial charge in [-0.25, -0.2) is 9.38 Å². The van der Waals surface area contributed by atoms with Gasteiger partial charge in [0.25, 0.3) is 0 Å². The van der Waals surface area contributed by atoms with Gasteiger partial charge in [-0.2, -0.15) is 5.10 Å². The van der Waals surface area contributed by atoms with Crippen molar-refractivity contribution in [2.45, 2.75) is 40.2 Å². The van der Waals surface area contributed by atoms with E-state index in [1.807, 2.05) is 32.5 Å². The van der Waals surface area contributed by atoms with Gasteiger partial charge in [0.2, 0.25) is 0 Å². The molecular weight excluding hydrogens is 472 g/mol. The van der Waals surface area contributed by atoms with Crippen LogP contribution in [0.2, 0.25) is 0 Å². The third-order valence-corrected chi connectivity index (χ3v) is 4.33. The smallest absolute Gasteiger partial charge is 0.191 e. The first-order valence-electron chi connectivity index (χ1n) is 9.34. The maximum absolute atomic E-state index is 13.0. The van der Waals surface area contributed by atoms with E-state index in [0.29, 0.717) is 12.3 Å². The highest BCUT2D eigenvalue weighted by molar-refractivity contribution is 14.0. The third-order valence-electron chi connectivity index (χ3n) is 4.33. The first kappa shape index (κ1) is 24.2. The van der Waals surface area contributed by atoms with Crippen LogP contribution >= 0.6 is 24.0 Å². The Morgan fingerprint density at radius 2 is 1.93 bits per heavy atom. The second kappa shape index (κ2) is 11.9. The van der Waals surface area contributed by atoms with Gasteiger partial charge >= 0.3 is 0 Å². The SMILES string of the molecule is CCNC(=NCC(C)Oc1ccc(F)cc1)NCCc1c(C)nn(C)c1C.I. The molecule has 0 spiro atoms. The van der Waals surface area contributed by atoms with Crippen LogP contribution in [0.3, 0.4) is 0 Å². The van der Waals surface area contributed by atoms with E-state index in [1.54, 1.807) is 12.1 Å². The van der Waals surface area contributed by atoms with E-state index >= 15 is 0 Å². The van der Waals surface area contributed by atoms with E-state index < -0.39 is 0 Å². The maximum Gasteiger partial charge on any atom is 0.191 e. The van der Waals surface area contributed by atoms with Crippen LogP contribution in [-0.4, -0.2) is 41.5 Å². The van der Waals surface area contributed by atoms with E-state index in [9.17, 15) is 4.39 Å². The fourth-order valence-electron chi connectivity index (χ4n) is 2.83. The summed E-state index contributed by atoms with van der Waals surface area (Å²) in [6.45, 7) is 10.1. The lowest BCUT2D eigenvalue weighted by Crippen LogP contribution is -2.39. The van der Waals surface area contributed by atoms with Crippen molar-refractivity contribution in [3.05, 3.63) is 47.0 Å². The van der Waals surface area contributed by atoms with Crippen molar-refractivity contribution in [3.63, 3.8) is 0 Å². The highest BCUT2D eigenvalue weighted by Gasteiger charge is 2.09. The Labute approximate surface area is 184 Å². The standard InChI is InChI=1S/C20H30FN5O.HI/c1-6-22-20(23-12-11-19-15(3)25-26(5)16(19)4)24-13-14(2)27-18-9-7-17(21)8-10-18;/h7-10,14H,6,11-13H2,1-5H3,(H2,22,23,24);1H. The lowest BCUT2D eigenvalue weighted by atomic mass is 10.1. The number of nitrogens with zero attached hydrogens (tertiary/aromatic N) is 3. The van der Waals surface area contributed by atoms with Crippen molar-refractivity contribution in [2.75, 3.05) is 19.6 Å². The van der Waals surface area contributed by atoms with Gasteiger partial charge in [0, 0.05) is 25.8 Å². The van der Waals surface area contributed by atoms with Gasteiger partial charge in [0.15, 0.2) is 5.96 Å². The first-order chi connectivity index (χ1) is 12.9. The van der Waals surface area contributed by atoms with Crippen molar-refractivity contribution in [1.29, 1.82) is 0 Å². The quantitative estimate of drug-likeness (QED) is 0.330. The molecule has 0 saturated carbocycles. The molecule has 156 valence electrons. The molecular formula is C20H31FIN5O. The van der Waals surface area contributed by atoms with Crippen molar-refractivity contribution in [3.8, 4) is 5.75 Å². The Balaban J connectivity index is 0.00000392. The van der Waals surface area contributed by atoms with Gasteiger partial charge in [0.05, 0.1) is 12.2 Å². The van der Waals surface area contributed by atoms with Gasteiger partial charge < -0.3 is 15.4 Å². The summed E-state index contributed by atoms with van der Waals surface area (Å²) in [6, 6.07) is 6.02. The molecule has 1 unspecified atom stereocenters. The summed E-state index contributed by atoms with van der Waals surface area (Å²) in [4.78, 5) is 4.58. The highest BCUT2D eigenvalue weighted by atomic mass is 127. The summed E-state index contributed by atoms with van der Waals surface area (Å²) in [6.07, 6.45) is 0.770. The molecule has 1 aromatic heterocycles. The van der Waals surface area contributed by atoms with Crippen LogP contribution in [0.15, 0.2) is 29.3 Å². The van der Waals surface area contributed by atoms with Crippen LogP contribution in [0.4, 0.5) is 4.39 Å². The summed E-state index contributed by atoms with van der Waals surface area (Å²) in [5, 5.41) is 11.1. The number of nitrogens with one attached hydrogen (secondary N) is 2. The zero-order valence-corrected chi connectivity index (χ0v) is 19.6. The summed E-state index contributed by atoms with van der Waals surface area (Å²) in [7, 11) is 1.97. The minimum Gasteiger partial charge on any atom is -0.489 e. The van der Waals surface area contributed by atoms with Crippen molar-refractivity contribution >= 4 is 29.9 Å². The Bertz CT molecular complexity index is 761. The topological polar surface area (TPSA) is 63.5 Å². The molecule has 6 nitrogen and oxygen atoms in total. The van der Waals surface area contributed by atoms with Crippen LogP contribution in [-0.2, 0) is 13.5 Å². The molecule has 0 aliphatic heterocycles. The van der Waals surface area contributed by atoms with Crippen molar-refractivity contribution < 1.29 is 9.13 Å². The number of ether oxygens (including phenoxy) is 1. The molecule has 0 saturated heterocycles. The summed E-state index contributed by atoms with van der Waals surface area (Å²) in [5.41, 5.74) is 3.53.